The van der Waals surface area contributed by atoms with Gasteiger partial charge in [-0.3, -0.25) is 4.79 Å². The van der Waals surface area contributed by atoms with Crippen molar-refractivity contribution in [2.75, 3.05) is 25.2 Å². The zero-order chi connectivity index (χ0) is 19.9. The number of hydrogen-bond donors (Lipinski definition) is 2. The van der Waals surface area contributed by atoms with Gasteiger partial charge in [-0.05, 0) is 35.4 Å². The number of ether oxygens (including phenoxy) is 2. The van der Waals surface area contributed by atoms with Gasteiger partial charge in [0.25, 0.3) is 5.91 Å². The highest BCUT2D eigenvalue weighted by molar-refractivity contribution is 8.19. The summed E-state index contributed by atoms with van der Waals surface area (Å²) in [6.45, 7) is -0.150. The molecule has 0 aromatic heterocycles. The van der Waals surface area contributed by atoms with E-state index in [1.165, 1.54) is 36.5 Å². The number of rotatable bonds is 7. The highest BCUT2D eigenvalue weighted by atomic mass is 35.5. The number of hydrazone groups is 1. The molecule has 2 N–H and O–H groups in total. The Morgan fingerprint density at radius 3 is 2.71 bits per heavy atom. The lowest BCUT2D eigenvalue weighted by Gasteiger charge is -2.10. The van der Waals surface area contributed by atoms with E-state index < -0.39 is 0 Å². The Bertz CT molecular complexity index is 856. The summed E-state index contributed by atoms with van der Waals surface area (Å²) in [5.74, 6) is 2.68. The summed E-state index contributed by atoms with van der Waals surface area (Å²) >= 11 is 9.79. The van der Waals surface area contributed by atoms with Crippen LogP contribution < -0.4 is 14.9 Å². The van der Waals surface area contributed by atoms with E-state index in [0.717, 1.165) is 0 Å². The van der Waals surface area contributed by atoms with Gasteiger partial charge in [0.05, 0.1) is 22.9 Å². The van der Waals surface area contributed by atoms with Gasteiger partial charge in [-0.15, -0.1) is 23.5 Å². The second-order valence-electron chi connectivity index (χ2n) is 5.78. The van der Waals surface area contributed by atoms with E-state index in [4.69, 9.17) is 21.1 Å². The van der Waals surface area contributed by atoms with Crippen LogP contribution in [0.3, 0.4) is 0 Å². The van der Waals surface area contributed by atoms with Crippen molar-refractivity contribution < 1.29 is 19.4 Å². The molecule has 1 saturated heterocycles. The molecule has 0 spiro atoms. The van der Waals surface area contributed by atoms with Gasteiger partial charge in [0, 0.05) is 11.5 Å². The van der Waals surface area contributed by atoms with Crippen molar-refractivity contribution in [3.05, 3.63) is 52.5 Å². The summed E-state index contributed by atoms with van der Waals surface area (Å²) < 4.78 is 11.0. The molecule has 0 aliphatic carbocycles. The molecule has 1 fully saturated rings. The number of phenols is 1. The number of phenolic OH excluding ortho intramolecular Hbond substituents is 1. The summed E-state index contributed by atoms with van der Waals surface area (Å²) in [6.07, 6.45) is 1.40. The zero-order valence-corrected chi connectivity index (χ0v) is 17.4. The largest absolute Gasteiger partial charge is 0.503 e. The fourth-order valence-corrected chi connectivity index (χ4v) is 5.53. The van der Waals surface area contributed by atoms with Crippen molar-refractivity contribution in [3.63, 3.8) is 0 Å². The van der Waals surface area contributed by atoms with E-state index in [2.05, 4.69) is 10.5 Å². The highest BCUT2D eigenvalue weighted by Crippen LogP contribution is 2.45. The third kappa shape index (κ3) is 5.50. The van der Waals surface area contributed by atoms with Gasteiger partial charge in [-0.25, -0.2) is 5.43 Å². The number of methoxy groups -OCH3 is 1. The van der Waals surface area contributed by atoms with Crippen LogP contribution in [-0.4, -0.2) is 42.5 Å². The first-order valence-corrected chi connectivity index (χ1v) is 10.9. The number of nitrogens with zero attached hydrogens (tertiary/aromatic N) is 1. The van der Waals surface area contributed by atoms with E-state index in [1.807, 2.05) is 47.8 Å². The Balaban J connectivity index is 1.48. The van der Waals surface area contributed by atoms with Crippen molar-refractivity contribution in [2.24, 2.45) is 5.10 Å². The second-order valence-corrected chi connectivity index (χ2v) is 8.91. The Labute approximate surface area is 176 Å². The molecule has 2 aromatic rings. The van der Waals surface area contributed by atoms with Gasteiger partial charge in [0.2, 0.25) is 0 Å². The lowest BCUT2D eigenvalue weighted by atomic mass is 10.2. The van der Waals surface area contributed by atoms with E-state index in [-0.39, 0.29) is 29.0 Å². The molecule has 0 saturated carbocycles. The third-order valence-corrected chi connectivity index (χ3v) is 7.21. The molecule has 0 radical (unpaired) electrons. The molecule has 1 aliphatic heterocycles. The summed E-state index contributed by atoms with van der Waals surface area (Å²) in [6, 6.07) is 10.9. The van der Waals surface area contributed by atoms with Gasteiger partial charge < -0.3 is 14.6 Å². The van der Waals surface area contributed by atoms with Crippen molar-refractivity contribution in [1.82, 2.24) is 5.43 Å². The average Bonchev–Trinajstić information content (AvgIpc) is 3.24. The summed E-state index contributed by atoms with van der Waals surface area (Å²) in [4.78, 5) is 11.9. The first-order valence-electron chi connectivity index (χ1n) is 8.41. The average molecular weight is 439 g/mol. The molecule has 6 nitrogen and oxygen atoms in total. The van der Waals surface area contributed by atoms with Gasteiger partial charge in [-0.1, -0.05) is 23.7 Å². The van der Waals surface area contributed by atoms with Crippen LogP contribution in [0.15, 0.2) is 41.5 Å². The molecule has 2 aromatic carbocycles. The molecule has 1 heterocycles. The lowest BCUT2D eigenvalue weighted by Crippen LogP contribution is -2.24. The van der Waals surface area contributed by atoms with Crippen LogP contribution in [0.25, 0.3) is 0 Å². The molecule has 148 valence electrons. The molecular weight excluding hydrogens is 420 g/mol. The van der Waals surface area contributed by atoms with Crippen LogP contribution in [0, 0.1) is 0 Å². The Morgan fingerprint density at radius 1 is 1.32 bits per heavy atom. The van der Waals surface area contributed by atoms with Crippen LogP contribution in [0.2, 0.25) is 5.02 Å². The first-order chi connectivity index (χ1) is 13.6. The standard InChI is InChI=1S/C19H19ClN2O4S2/c1-25-16-9-12(8-15(20)18(16)24)10-21-22-17(23)11-26-14-4-2-13(3-5-14)19-27-6-7-28-19/h2-5,8-10,19,24H,6-7,11H2,1H3,(H,22,23)/b21-10-. The maximum atomic E-state index is 11.9. The van der Waals surface area contributed by atoms with Gasteiger partial charge in [0.1, 0.15) is 5.75 Å². The predicted octanol–water partition coefficient (Wildman–Crippen LogP) is 4.06. The molecule has 0 unspecified atom stereocenters. The fraction of sp³-hybridized carbons (Fsp3) is 0.263. The molecule has 3 rings (SSSR count). The number of benzene rings is 2. The quantitative estimate of drug-likeness (QED) is 0.501. The third-order valence-electron chi connectivity index (χ3n) is 3.82. The molecule has 0 bridgehead atoms. The van der Waals surface area contributed by atoms with Crippen molar-refractivity contribution in [1.29, 1.82) is 0 Å². The Morgan fingerprint density at radius 2 is 2.04 bits per heavy atom. The summed E-state index contributed by atoms with van der Waals surface area (Å²) in [5.41, 5.74) is 4.21. The smallest absolute Gasteiger partial charge is 0.277 e. The predicted molar refractivity (Wildman–Crippen MR) is 115 cm³/mol. The van der Waals surface area contributed by atoms with E-state index in [1.54, 1.807) is 6.07 Å². The normalized spacial score (nSPS) is 14.4. The minimum atomic E-state index is -0.390. The van der Waals surface area contributed by atoms with Crippen LogP contribution in [0.4, 0.5) is 0 Å². The van der Waals surface area contributed by atoms with E-state index in [0.29, 0.717) is 15.9 Å². The minimum absolute atomic E-state index is 0.133. The Kier molecular flexibility index (Phi) is 7.36. The zero-order valence-electron chi connectivity index (χ0n) is 15.1. The van der Waals surface area contributed by atoms with Gasteiger partial charge in [0.15, 0.2) is 18.1 Å². The summed E-state index contributed by atoms with van der Waals surface area (Å²) in [5, 5.41) is 13.7. The highest BCUT2D eigenvalue weighted by Gasteiger charge is 2.18. The number of carbonyl (C=O) groups is 1. The molecule has 1 amide bonds. The van der Waals surface area contributed by atoms with Crippen LogP contribution in [0.5, 0.6) is 17.2 Å². The van der Waals surface area contributed by atoms with Gasteiger partial charge >= 0.3 is 0 Å². The SMILES string of the molecule is COc1cc(/C=N\NC(=O)COc2ccc(C3SCCS3)cc2)cc(Cl)c1O. The topological polar surface area (TPSA) is 80.2 Å². The maximum Gasteiger partial charge on any atom is 0.277 e. The fourth-order valence-electron chi connectivity index (χ4n) is 2.46. The second kappa shape index (κ2) is 9.95. The number of nitrogens with one attached hydrogen (secondary N) is 1. The van der Waals surface area contributed by atoms with E-state index in [9.17, 15) is 9.90 Å². The maximum absolute atomic E-state index is 11.9. The lowest BCUT2D eigenvalue weighted by molar-refractivity contribution is -0.123. The number of thioether (sulfide) groups is 2. The molecule has 1 aliphatic rings. The molecule has 0 atom stereocenters. The number of hydrogen-bond acceptors (Lipinski definition) is 7. The van der Waals surface area contributed by atoms with E-state index >= 15 is 0 Å². The number of amides is 1. The van der Waals surface area contributed by atoms with Crippen LogP contribution in [-0.2, 0) is 4.79 Å². The van der Waals surface area contributed by atoms with Gasteiger partial charge in [-0.2, -0.15) is 5.10 Å². The number of aromatic hydroxyl groups is 1. The number of halogens is 1. The van der Waals surface area contributed by atoms with Crippen molar-refractivity contribution in [3.8, 4) is 17.2 Å². The van der Waals surface area contributed by atoms with Crippen molar-refractivity contribution in [2.45, 2.75) is 4.58 Å². The Hall–Kier alpha value is -2.03. The molecular formula is C19H19ClN2O4S2. The van der Waals surface area contributed by atoms with Crippen molar-refractivity contribution >= 4 is 47.2 Å². The monoisotopic (exact) mass is 438 g/mol. The number of carbonyl (C=O) groups excluding carboxylic acids is 1. The van der Waals surface area contributed by atoms with Crippen LogP contribution in [0.1, 0.15) is 15.7 Å². The van der Waals surface area contributed by atoms with Crippen LogP contribution >= 0.6 is 35.1 Å². The summed E-state index contributed by atoms with van der Waals surface area (Å²) in [7, 11) is 1.42. The molecule has 28 heavy (non-hydrogen) atoms. The molecule has 9 heteroatoms. The first kappa shape index (κ1) is 20.7. The minimum Gasteiger partial charge on any atom is -0.503 e.